The molecule has 5 rings (SSSR count). The van der Waals surface area contributed by atoms with Crippen LogP contribution in [0.5, 0.6) is 0 Å². The van der Waals surface area contributed by atoms with E-state index < -0.39 is 109 Å². The minimum atomic E-state index is -2.92. The summed E-state index contributed by atoms with van der Waals surface area (Å²) in [6.07, 6.45) is -1.67. The number of methoxy groups -OCH3 is 2. The second-order valence-corrected chi connectivity index (χ2v) is 15.8. The standard InChI is InChI=1S/C42H50F2N4O12/c1-6-29(45-39(55)57-4)35(51)48-23-41(21-42(43,44)22-41)18-31(48)38(54)60-20-33(50)28-15-11-26(12-16-28)25-9-13-27(14-10-25)32(49)19-59-37(53)30-8-7-17-47(30)36(52)34(24(2)3)46-40(56)58-5/h9-16,24,29-31,34H,6-8,17-23H2,1-5H3,(H,45,55)(H,46,56). The first-order valence-electron chi connectivity index (χ1n) is 19.7. The number of esters is 2. The molecule has 2 N–H and O–H groups in total. The number of hydrogen-bond acceptors (Lipinski definition) is 12. The molecule has 2 aromatic carbocycles. The Kier molecular flexibility index (Phi) is 14.3. The first-order chi connectivity index (χ1) is 28.4. The fraction of sp³-hybridized carbons (Fsp3) is 0.524. The van der Waals surface area contributed by atoms with E-state index in [1.807, 2.05) is 0 Å². The molecule has 0 bridgehead atoms. The molecule has 2 saturated heterocycles. The van der Waals surface area contributed by atoms with Gasteiger partial charge in [-0.25, -0.2) is 28.0 Å². The predicted molar refractivity (Wildman–Crippen MR) is 208 cm³/mol. The maximum atomic E-state index is 14.0. The average molecular weight is 841 g/mol. The van der Waals surface area contributed by atoms with Crippen LogP contribution in [0.4, 0.5) is 18.4 Å². The van der Waals surface area contributed by atoms with Gasteiger partial charge < -0.3 is 39.4 Å². The molecule has 3 fully saturated rings. The van der Waals surface area contributed by atoms with Crippen LogP contribution < -0.4 is 10.6 Å². The van der Waals surface area contributed by atoms with Gasteiger partial charge in [-0.1, -0.05) is 69.3 Å². The molecule has 1 aliphatic carbocycles. The highest BCUT2D eigenvalue weighted by Gasteiger charge is 2.63. The largest absolute Gasteiger partial charge is 0.456 e. The molecule has 4 amide bonds. The van der Waals surface area contributed by atoms with E-state index in [1.54, 1.807) is 57.2 Å². The molecule has 1 spiro atoms. The predicted octanol–water partition coefficient (Wildman–Crippen LogP) is 4.33. The third-order valence-corrected chi connectivity index (χ3v) is 11.2. The zero-order chi connectivity index (χ0) is 43.9. The molecule has 0 radical (unpaired) electrons. The second kappa shape index (κ2) is 19.0. The van der Waals surface area contributed by atoms with Crippen molar-refractivity contribution in [3.8, 4) is 11.1 Å². The lowest BCUT2D eigenvalue weighted by Crippen LogP contribution is -2.54. The SMILES string of the molecule is CCC(NC(=O)OC)C(=O)N1CC2(CC1C(=O)OCC(=O)c1ccc(-c3ccc(C(=O)COC(=O)C4CCCN4C(=O)C(NC(=O)OC)C(C)C)cc3)cc1)CC(F)(F)C2. The lowest BCUT2D eigenvalue weighted by molar-refractivity contribution is -0.159. The van der Waals surface area contributed by atoms with Crippen molar-refractivity contribution in [3.63, 3.8) is 0 Å². The first kappa shape index (κ1) is 45.1. The number of halogens is 2. The Labute approximate surface area is 345 Å². The van der Waals surface area contributed by atoms with Gasteiger partial charge in [0, 0.05) is 42.5 Å². The number of ketones is 2. The third-order valence-electron chi connectivity index (χ3n) is 11.2. The van der Waals surface area contributed by atoms with E-state index in [4.69, 9.17) is 9.47 Å². The van der Waals surface area contributed by atoms with Gasteiger partial charge in [0.25, 0.3) is 0 Å². The van der Waals surface area contributed by atoms with Crippen LogP contribution in [0.3, 0.4) is 0 Å². The monoisotopic (exact) mass is 840 g/mol. The summed E-state index contributed by atoms with van der Waals surface area (Å²) in [5, 5.41) is 4.91. The Morgan fingerprint density at radius 3 is 1.70 bits per heavy atom. The van der Waals surface area contributed by atoms with E-state index in [1.165, 1.54) is 24.1 Å². The van der Waals surface area contributed by atoms with Gasteiger partial charge in [-0.15, -0.1) is 0 Å². The number of carbonyl (C=O) groups excluding carboxylic acids is 8. The highest BCUT2D eigenvalue weighted by molar-refractivity contribution is 6.00. The van der Waals surface area contributed by atoms with Crippen LogP contribution in [0, 0.1) is 11.3 Å². The Morgan fingerprint density at radius 1 is 0.733 bits per heavy atom. The Hall–Kier alpha value is -5.94. The molecular formula is C42H50F2N4O12. The van der Waals surface area contributed by atoms with Crippen molar-refractivity contribution < 1.29 is 66.1 Å². The smallest absolute Gasteiger partial charge is 0.407 e. The number of nitrogens with one attached hydrogen (secondary N) is 2. The van der Waals surface area contributed by atoms with Crippen LogP contribution >= 0.6 is 0 Å². The summed E-state index contributed by atoms with van der Waals surface area (Å²) in [6, 6.07) is 8.71. The number of likely N-dealkylation sites (tertiary alicyclic amines) is 2. The number of hydrogen-bond donors (Lipinski definition) is 2. The Bertz CT molecular complexity index is 1960. The van der Waals surface area contributed by atoms with Crippen LogP contribution in [-0.2, 0) is 38.1 Å². The molecule has 324 valence electrons. The summed E-state index contributed by atoms with van der Waals surface area (Å²) in [7, 11) is 2.31. The minimum Gasteiger partial charge on any atom is -0.456 e. The van der Waals surface area contributed by atoms with Crippen LogP contribution in [0.1, 0.15) is 80.0 Å². The van der Waals surface area contributed by atoms with Crippen molar-refractivity contribution in [3.05, 3.63) is 59.7 Å². The molecule has 18 heteroatoms. The number of benzene rings is 2. The Morgan fingerprint density at radius 2 is 1.23 bits per heavy atom. The summed E-state index contributed by atoms with van der Waals surface area (Å²) in [4.78, 5) is 105. The van der Waals surface area contributed by atoms with Crippen molar-refractivity contribution in [1.29, 1.82) is 0 Å². The van der Waals surface area contributed by atoms with E-state index in [9.17, 15) is 47.1 Å². The van der Waals surface area contributed by atoms with E-state index in [0.717, 1.165) is 12.0 Å². The molecule has 1 saturated carbocycles. The quantitative estimate of drug-likeness (QED) is 0.146. The zero-order valence-corrected chi connectivity index (χ0v) is 34.1. The second-order valence-electron chi connectivity index (χ2n) is 15.8. The average Bonchev–Trinajstić information content (AvgIpc) is 3.88. The number of alkyl carbamates (subject to hydrolysis) is 2. The first-order valence-corrected chi connectivity index (χ1v) is 19.7. The van der Waals surface area contributed by atoms with Gasteiger partial charge in [0.1, 0.15) is 24.2 Å². The highest BCUT2D eigenvalue weighted by Crippen LogP contribution is 2.58. The molecular weight excluding hydrogens is 790 g/mol. The lowest BCUT2D eigenvalue weighted by atomic mass is 9.65. The summed E-state index contributed by atoms with van der Waals surface area (Å²) in [6.45, 7) is 4.08. The summed E-state index contributed by atoms with van der Waals surface area (Å²) < 4.78 is 47.8. The molecule has 2 aromatic rings. The van der Waals surface area contributed by atoms with Crippen molar-refractivity contribution in [1.82, 2.24) is 20.4 Å². The molecule has 2 aliphatic heterocycles. The topological polar surface area (TPSA) is 204 Å². The normalized spacial score (nSPS) is 19.7. The Balaban J connectivity index is 1.14. The fourth-order valence-corrected chi connectivity index (χ4v) is 8.02. The molecule has 4 atom stereocenters. The highest BCUT2D eigenvalue weighted by atomic mass is 19.3. The molecule has 2 heterocycles. The third kappa shape index (κ3) is 10.4. The van der Waals surface area contributed by atoms with Crippen molar-refractivity contribution in [2.24, 2.45) is 11.3 Å². The fourth-order valence-electron chi connectivity index (χ4n) is 8.02. The lowest BCUT2D eigenvalue weighted by Gasteiger charge is -2.44. The van der Waals surface area contributed by atoms with Crippen molar-refractivity contribution in [2.75, 3.05) is 40.5 Å². The van der Waals surface area contributed by atoms with Gasteiger partial charge in [0.2, 0.25) is 17.7 Å². The summed E-state index contributed by atoms with van der Waals surface area (Å²) >= 11 is 0. The minimum absolute atomic E-state index is 0.0699. The maximum Gasteiger partial charge on any atom is 0.407 e. The van der Waals surface area contributed by atoms with Crippen LogP contribution in [0.2, 0.25) is 0 Å². The zero-order valence-electron chi connectivity index (χ0n) is 34.1. The van der Waals surface area contributed by atoms with E-state index in [-0.39, 0.29) is 36.4 Å². The number of Topliss-reactive ketones (excluding diaryl/α,β-unsaturated/α-hetero) is 2. The van der Waals surface area contributed by atoms with Crippen LogP contribution in [0.15, 0.2) is 48.5 Å². The van der Waals surface area contributed by atoms with Crippen LogP contribution in [0.25, 0.3) is 11.1 Å². The summed E-state index contributed by atoms with van der Waals surface area (Å²) in [5.74, 6) is -6.96. The number of ether oxygens (including phenoxy) is 4. The summed E-state index contributed by atoms with van der Waals surface area (Å²) in [5.41, 5.74) is 0.879. The van der Waals surface area contributed by atoms with E-state index >= 15 is 0 Å². The number of alkyl halides is 2. The number of rotatable bonds is 15. The van der Waals surface area contributed by atoms with E-state index in [2.05, 4.69) is 20.1 Å². The molecule has 60 heavy (non-hydrogen) atoms. The number of carbonyl (C=O) groups is 8. The van der Waals surface area contributed by atoms with Gasteiger partial charge in [-0.3, -0.25) is 19.2 Å². The van der Waals surface area contributed by atoms with Crippen molar-refractivity contribution in [2.45, 2.75) is 89.4 Å². The van der Waals surface area contributed by atoms with Crippen LogP contribution in [-0.4, -0.2) is 128 Å². The van der Waals surface area contributed by atoms with E-state index in [0.29, 0.717) is 30.5 Å². The van der Waals surface area contributed by atoms with Gasteiger partial charge >= 0.3 is 24.1 Å². The molecule has 16 nitrogen and oxygen atoms in total. The number of nitrogens with zero attached hydrogens (tertiary/aromatic N) is 2. The molecule has 3 aliphatic rings. The maximum absolute atomic E-state index is 14.0. The molecule has 4 unspecified atom stereocenters. The van der Waals surface area contributed by atoms with Gasteiger partial charge in [-0.2, -0.15) is 0 Å². The van der Waals surface area contributed by atoms with Gasteiger partial charge in [0.15, 0.2) is 24.8 Å². The van der Waals surface area contributed by atoms with Crippen molar-refractivity contribution >= 4 is 47.5 Å². The van der Waals surface area contributed by atoms with Gasteiger partial charge in [-0.05, 0) is 42.7 Å². The van der Waals surface area contributed by atoms with Gasteiger partial charge in [0.05, 0.1) is 14.2 Å². The number of amides is 4. The molecule has 0 aromatic heterocycles.